The van der Waals surface area contributed by atoms with Crippen LogP contribution in [0.4, 0.5) is 9.59 Å². The van der Waals surface area contributed by atoms with Gasteiger partial charge >= 0.3 is 12.1 Å². The highest BCUT2D eigenvalue weighted by molar-refractivity contribution is 6.10. The molecule has 1 aromatic carbocycles. The Morgan fingerprint density at radius 1 is 1.00 bits per heavy atom. The van der Waals surface area contributed by atoms with Gasteiger partial charge in [-0.2, -0.15) is 0 Å². The number of hydrogen-bond donors (Lipinski definition) is 1. The SMILES string of the molecule is CCCCCCCCCCOC(=O)N1C(=O)NC(=O)[C@H]1c1ccccc1. The lowest BCUT2D eigenvalue weighted by atomic mass is 10.1. The van der Waals surface area contributed by atoms with Gasteiger partial charge in [0.05, 0.1) is 6.61 Å². The number of urea groups is 1. The first-order valence-corrected chi connectivity index (χ1v) is 9.51. The fourth-order valence-corrected chi connectivity index (χ4v) is 3.06. The molecule has 0 aliphatic carbocycles. The molecule has 0 spiro atoms. The van der Waals surface area contributed by atoms with Crippen molar-refractivity contribution in [2.75, 3.05) is 6.61 Å². The van der Waals surface area contributed by atoms with E-state index in [1.807, 2.05) is 6.07 Å². The third kappa shape index (κ3) is 5.58. The molecule has 142 valence electrons. The second-order valence-corrected chi connectivity index (χ2v) is 6.57. The lowest BCUT2D eigenvalue weighted by molar-refractivity contribution is -0.121. The Hall–Kier alpha value is -2.37. The van der Waals surface area contributed by atoms with Crippen LogP contribution < -0.4 is 5.32 Å². The summed E-state index contributed by atoms with van der Waals surface area (Å²) in [6, 6.07) is 7.05. The van der Waals surface area contributed by atoms with Crippen molar-refractivity contribution in [1.29, 1.82) is 0 Å². The number of ether oxygens (including phenoxy) is 1. The van der Waals surface area contributed by atoms with E-state index in [0.717, 1.165) is 24.2 Å². The van der Waals surface area contributed by atoms with Crippen molar-refractivity contribution in [2.24, 2.45) is 0 Å². The Bertz CT molecular complexity index is 603. The molecular weight excluding hydrogens is 332 g/mol. The van der Waals surface area contributed by atoms with E-state index in [1.54, 1.807) is 24.3 Å². The van der Waals surface area contributed by atoms with E-state index >= 15 is 0 Å². The highest BCUT2D eigenvalue weighted by atomic mass is 16.6. The van der Waals surface area contributed by atoms with E-state index in [1.165, 1.54) is 32.1 Å². The fraction of sp³-hybridized carbons (Fsp3) is 0.550. The lowest BCUT2D eigenvalue weighted by Crippen LogP contribution is -2.36. The Labute approximate surface area is 154 Å². The van der Waals surface area contributed by atoms with Gasteiger partial charge in [0, 0.05) is 0 Å². The summed E-state index contributed by atoms with van der Waals surface area (Å²) < 4.78 is 5.22. The molecule has 0 bridgehead atoms. The number of hydrogen-bond acceptors (Lipinski definition) is 4. The summed E-state index contributed by atoms with van der Waals surface area (Å²) in [7, 11) is 0. The lowest BCUT2D eigenvalue weighted by Gasteiger charge is -2.19. The van der Waals surface area contributed by atoms with E-state index < -0.39 is 24.1 Å². The first-order chi connectivity index (χ1) is 12.6. The van der Waals surface area contributed by atoms with E-state index in [9.17, 15) is 14.4 Å². The molecule has 0 saturated carbocycles. The predicted molar refractivity (Wildman–Crippen MR) is 98.5 cm³/mol. The Balaban J connectivity index is 1.75. The minimum absolute atomic E-state index is 0.257. The predicted octanol–water partition coefficient (Wildman–Crippen LogP) is 4.56. The number of imide groups is 2. The molecule has 1 saturated heterocycles. The van der Waals surface area contributed by atoms with Crippen LogP contribution in [0, 0.1) is 0 Å². The van der Waals surface area contributed by atoms with E-state index in [2.05, 4.69) is 12.2 Å². The van der Waals surface area contributed by atoms with Crippen molar-refractivity contribution >= 4 is 18.0 Å². The minimum atomic E-state index is -0.963. The molecule has 0 aromatic heterocycles. The van der Waals surface area contributed by atoms with Crippen LogP contribution in [0.3, 0.4) is 0 Å². The first kappa shape index (κ1) is 19.9. The van der Waals surface area contributed by atoms with Crippen molar-refractivity contribution in [3.63, 3.8) is 0 Å². The van der Waals surface area contributed by atoms with Gasteiger partial charge in [0.1, 0.15) is 6.04 Å². The van der Waals surface area contributed by atoms with Crippen LogP contribution in [-0.4, -0.2) is 29.5 Å². The maximum absolute atomic E-state index is 12.3. The van der Waals surface area contributed by atoms with Gasteiger partial charge in [-0.15, -0.1) is 0 Å². The van der Waals surface area contributed by atoms with Crippen LogP contribution in [0.5, 0.6) is 0 Å². The number of carbonyl (C=O) groups excluding carboxylic acids is 3. The molecule has 1 atom stereocenters. The average molecular weight is 360 g/mol. The summed E-state index contributed by atoms with van der Waals surface area (Å²) in [5, 5.41) is 2.18. The number of rotatable bonds is 10. The van der Waals surface area contributed by atoms with Gasteiger partial charge in [-0.3, -0.25) is 10.1 Å². The minimum Gasteiger partial charge on any atom is -0.449 e. The smallest absolute Gasteiger partial charge is 0.419 e. The van der Waals surface area contributed by atoms with Crippen molar-refractivity contribution < 1.29 is 19.1 Å². The van der Waals surface area contributed by atoms with Gasteiger partial charge in [0.2, 0.25) is 0 Å². The number of nitrogens with one attached hydrogen (secondary N) is 1. The molecule has 2 rings (SSSR count). The van der Waals surface area contributed by atoms with Crippen LogP contribution in [0.15, 0.2) is 30.3 Å². The molecule has 0 radical (unpaired) electrons. The molecule has 6 nitrogen and oxygen atoms in total. The summed E-state index contributed by atoms with van der Waals surface area (Å²) in [6.45, 7) is 2.46. The largest absolute Gasteiger partial charge is 0.449 e. The number of nitrogens with zero attached hydrogens (tertiary/aromatic N) is 1. The van der Waals surface area contributed by atoms with Crippen molar-refractivity contribution in [2.45, 2.75) is 64.3 Å². The number of amides is 4. The Morgan fingerprint density at radius 3 is 2.27 bits per heavy atom. The second kappa shape index (κ2) is 10.6. The number of benzene rings is 1. The van der Waals surface area contributed by atoms with Crippen LogP contribution in [-0.2, 0) is 9.53 Å². The third-order valence-electron chi connectivity index (χ3n) is 4.49. The average Bonchev–Trinajstić information content (AvgIpc) is 2.95. The summed E-state index contributed by atoms with van der Waals surface area (Å²) >= 11 is 0. The zero-order valence-electron chi connectivity index (χ0n) is 15.4. The Kier molecular flexibility index (Phi) is 8.12. The fourth-order valence-electron chi connectivity index (χ4n) is 3.06. The zero-order valence-corrected chi connectivity index (χ0v) is 15.4. The highest BCUT2D eigenvalue weighted by Crippen LogP contribution is 2.26. The van der Waals surface area contributed by atoms with Gasteiger partial charge in [0.15, 0.2) is 0 Å². The number of carbonyl (C=O) groups is 3. The Morgan fingerprint density at radius 2 is 1.62 bits per heavy atom. The summed E-state index contributed by atoms with van der Waals surface area (Å²) in [5.41, 5.74) is 0.583. The molecule has 1 heterocycles. The molecule has 26 heavy (non-hydrogen) atoms. The maximum Gasteiger partial charge on any atom is 0.419 e. The molecule has 0 unspecified atom stereocenters. The van der Waals surface area contributed by atoms with Crippen molar-refractivity contribution in [3.8, 4) is 0 Å². The van der Waals surface area contributed by atoms with Gasteiger partial charge < -0.3 is 4.74 Å². The summed E-state index contributed by atoms with van der Waals surface area (Å²) in [5.74, 6) is -0.509. The monoisotopic (exact) mass is 360 g/mol. The first-order valence-electron chi connectivity index (χ1n) is 9.51. The standard InChI is InChI=1S/C20H28N2O4/c1-2-3-4-5-6-7-8-12-15-26-20(25)22-17(18(23)21-19(22)24)16-13-10-9-11-14-16/h9-11,13-14,17H,2-8,12,15H2,1H3,(H,21,23,24)/t17-/m1/s1. The number of unbranched alkanes of at least 4 members (excludes halogenated alkanes) is 7. The van der Waals surface area contributed by atoms with Crippen LogP contribution in [0.25, 0.3) is 0 Å². The molecular formula is C20H28N2O4. The van der Waals surface area contributed by atoms with Crippen LogP contribution >= 0.6 is 0 Å². The van der Waals surface area contributed by atoms with Gasteiger partial charge in [-0.25, -0.2) is 14.5 Å². The highest BCUT2D eigenvalue weighted by Gasteiger charge is 2.44. The second-order valence-electron chi connectivity index (χ2n) is 6.57. The van der Waals surface area contributed by atoms with E-state index in [-0.39, 0.29) is 6.61 Å². The van der Waals surface area contributed by atoms with E-state index in [4.69, 9.17) is 4.74 Å². The van der Waals surface area contributed by atoms with Crippen molar-refractivity contribution in [3.05, 3.63) is 35.9 Å². The molecule has 1 N–H and O–H groups in total. The molecule has 1 aromatic rings. The maximum atomic E-state index is 12.3. The van der Waals surface area contributed by atoms with E-state index in [0.29, 0.717) is 5.56 Å². The van der Waals surface area contributed by atoms with Gasteiger partial charge in [-0.1, -0.05) is 82.2 Å². The van der Waals surface area contributed by atoms with Crippen LogP contribution in [0.1, 0.15) is 69.9 Å². The summed E-state index contributed by atoms with van der Waals surface area (Å²) in [4.78, 5) is 37.2. The molecule has 4 amide bonds. The van der Waals surface area contributed by atoms with Gasteiger partial charge in [-0.05, 0) is 12.0 Å². The molecule has 1 fully saturated rings. The van der Waals surface area contributed by atoms with Crippen molar-refractivity contribution in [1.82, 2.24) is 10.2 Å². The third-order valence-corrected chi connectivity index (χ3v) is 4.49. The molecule has 1 aliphatic heterocycles. The quantitative estimate of drug-likeness (QED) is 0.490. The molecule has 6 heteroatoms. The summed E-state index contributed by atoms with van der Waals surface area (Å²) in [6.07, 6.45) is 8.37. The van der Waals surface area contributed by atoms with Gasteiger partial charge in [0.25, 0.3) is 5.91 Å². The zero-order chi connectivity index (χ0) is 18.8. The molecule has 1 aliphatic rings. The van der Waals surface area contributed by atoms with Crippen LogP contribution in [0.2, 0.25) is 0 Å². The topological polar surface area (TPSA) is 75.7 Å². The normalized spacial score (nSPS) is 16.7.